The molecule has 0 radical (unpaired) electrons. The summed E-state index contributed by atoms with van der Waals surface area (Å²) in [5.74, 6) is -0.512. The van der Waals surface area contributed by atoms with Crippen molar-refractivity contribution in [3.8, 4) is 0 Å². The number of ether oxygens (including phenoxy) is 1. The van der Waals surface area contributed by atoms with Crippen molar-refractivity contribution in [1.29, 1.82) is 0 Å². The van der Waals surface area contributed by atoms with E-state index in [4.69, 9.17) is 16.3 Å². The summed E-state index contributed by atoms with van der Waals surface area (Å²) >= 11 is 7.70. The van der Waals surface area contributed by atoms with Crippen molar-refractivity contribution < 1.29 is 9.53 Å². The van der Waals surface area contributed by atoms with E-state index in [1.165, 1.54) is 18.4 Å². The van der Waals surface area contributed by atoms with Crippen LogP contribution in [0.5, 0.6) is 0 Å². The van der Waals surface area contributed by atoms with Crippen LogP contribution < -0.4 is 14.9 Å². The molecule has 0 bridgehead atoms. The van der Waals surface area contributed by atoms with Gasteiger partial charge in [-0.25, -0.2) is 14.8 Å². The first kappa shape index (κ1) is 21.3. The van der Waals surface area contributed by atoms with E-state index in [2.05, 4.69) is 9.98 Å². The van der Waals surface area contributed by atoms with Crippen molar-refractivity contribution in [3.05, 3.63) is 108 Å². The second-order valence-corrected chi connectivity index (χ2v) is 8.95. The summed E-state index contributed by atoms with van der Waals surface area (Å²) < 4.78 is 7.02. The molecule has 2 aromatic heterocycles. The fourth-order valence-corrected chi connectivity index (χ4v) is 5.31. The van der Waals surface area contributed by atoms with Crippen LogP contribution in [0.25, 0.3) is 17.0 Å². The molecule has 33 heavy (non-hydrogen) atoms. The van der Waals surface area contributed by atoms with Crippen LogP contribution in [0.1, 0.15) is 24.2 Å². The molecule has 3 heterocycles. The van der Waals surface area contributed by atoms with Crippen molar-refractivity contribution in [2.75, 3.05) is 7.11 Å². The lowest BCUT2D eigenvalue weighted by molar-refractivity contribution is -0.136. The lowest BCUT2D eigenvalue weighted by Gasteiger charge is -2.24. The number of thiazole rings is 1. The molecule has 0 aliphatic carbocycles. The lowest BCUT2D eigenvalue weighted by Crippen LogP contribution is -2.39. The van der Waals surface area contributed by atoms with Crippen LogP contribution in [0.2, 0.25) is 5.02 Å². The van der Waals surface area contributed by atoms with E-state index in [9.17, 15) is 9.59 Å². The molecule has 0 N–H and O–H groups in total. The minimum Gasteiger partial charge on any atom is -0.466 e. The third-order valence-electron chi connectivity index (χ3n) is 5.51. The van der Waals surface area contributed by atoms with E-state index >= 15 is 0 Å². The molecule has 0 spiro atoms. The number of para-hydroxylation sites is 1. The van der Waals surface area contributed by atoms with Gasteiger partial charge in [0.25, 0.3) is 5.56 Å². The number of halogens is 1. The summed E-state index contributed by atoms with van der Waals surface area (Å²) in [6, 6.07) is 18.1. The number of hydrogen-bond acceptors (Lipinski definition) is 6. The Hall–Kier alpha value is -3.55. The molecule has 164 valence electrons. The average Bonchev–Trinajstić information content (AvgIpc) is 3.12. The fraction of sp³-hybridized carbons (Fsp3) is 0.120. The molecule has 2 aromatic carbocycles. The molecule has 0 saturated carbocycles. The SMILES string of the molecule is COC(=O)C1=C(C)N=c2s/c(=C/c3cc(Cl)c4ccccc4n3)c(=O)n2[C@@H]1c1ccccc1. The van der Waals surface area contributed by atoms with Crippen LogP contribution in [0, 0.1) is 0 Å². The third kappa shape index (κ3) is 3.69. The van der Waals surface area contributed by atoms with Crippen LogP contribution in [-0.2, 0) is 9.53 Å². The highest BCUT2D eigenvalue weighted by Gasteiger charge is 2.32. The smallest absolute Gasteiger partial charge is 0.338 e. The van der Waals surface area contributed by atoms with Crippen LogP contribution in [-0.4, -0.2) is 22.6 Å². The number of pyridine rings is 1. The minimum absolute atomic E-state index is 0.257. The Morgan fingerprint density at radius 2 is 1.88 bits per heavy atom. The number of methoxy groups -OCH3 is 1. The van der Waals surface area contributed by atoms with E-state index in [0.29, 0.717) is 31.3 Å². The number of hydrogen-bond donors (Lipinski definition) is 0. The molecular weight excluding hydrogens is 458 g/mol. The molecule has 8 heteroatoms. The third-order valence-corrected chi connectivity index (χ3v) is 6.80. The number of carbonyl (C=O) groups is 1. The minimum atomic E-state index is -0.634. The molecule has 1 atom stereocenters. The summed E-state index contributed by atoms with van der Waals surface area (Å²) in [6.45, 7) is 1.75. The molecule has 4 aromatic rings. The number of esters is 1. The van der Waals surface area contributed by atoms with Crippen molar-refractivity contribution in [2.24, 2.45) is 4.99 Å². The normalized spacial score (nSPS) is 16.0. The van der Waals surface area contributed by atoms with Gasteiger partial charge in [-0.05, 0) is 30.7 Å². The number of aromatic nitrogens is 2. The Morgan fingerprint density at radius 1 is 1.15 bits per heavy atom. The zero-order valence-electron chi connectivity index (χ0n) is 17.8. The summed E-state index contributed by atoms with van der Waals surface area (Å²) in [6.07, 6.45) is 1.71. The second kappa shape index (κ2) is 8.42. The lowest BCUT2D eigenvalue weighted by atomic mass is 9.96. The maximum Gasteiger partial charge on any atom is 0.338 e. The van der Waals surface area contributed by atoms with Crippen molar-refractivity contribution in [2.45, 2.75) is 13.0 Å². The van der Waals surface area contributed by atoms with Gasteiger partial charge >= 0.3 is 5.97 Å². The van der Waals surface area contributed by atoms with E-state index in [-0.39, 0.29) is 5.56 Å². The molecule has 1 aliphatic heterocycles. The first-order valence-corrected chi connectivity index (χ1v) is 11.4. The van der Waals surface area contributed by atoms with E-state index in [1.807, 2.05) is 54.6 Å². The second-order valence-electron chi connectivity index (χ2n) is 7.53. The number of fused-ring (bicyclic) bond motifs is 2. The summed E-state index contributed by atoms with van der Waals surface area (Å²) in [5, 5.41) is 1.41. The highest BCUT2D eigenvalue weighted by molar-refractivity contribution is 7.07. The zero-order chi connectivity index (χ0) is 23.1. The molecular formula is C25H18ClN3O3S. The molecule has 1 aliphatic rings. The topological polar surface area (TPSA) is 73.6 Å². The molecule has 5 rings (SSSR count). The van der Waals surface area contributed by atoms with Gasteiger partial charge in [-0.3, -0.25) is 9.36 Å². The summed E-state index contributed by atoms with van der Waals surface area (Å²) in [4.78, 5) is 35.9. The highest BCUT2D eigenvalue weighted by atomic mass is 35.5. The van der Waals surface area contributed by atoms with E-state index < -0.39 is 12.0 Å². The first-order valence-electron chi connectivity index (χ1n) is 10.2. The van der Waals surface area contributed by atoms with Gasteiger partial charge in [0.05, 0.1) is 45.2 Å². The zero-order valence-corrected chi connectivity index (χ0v) is 19.4. The molecule has 6 nitrogen and oxygen atoms in total. The van der Waals surface area contributed by atoms with Gasteiger partial charge in [-0.1, -0.05) is 71.5 Å². The van der Waals surface area contributed by atoms with Gasteiger partial charge in [0.2, 0.25) is 0 Å². The van der Waals surface area contributed by atoms with Gasteiger partial charge in [-0.2, -0.15) is 0 Å². The monoisotopic (exact) mass is 475 g/mol. The van der Waals surface area contributed by atoms with Crippen LogP contribution >= 0.6 is 22.9 Å². The average molecular weight is 476 g/mol. The molecule has 0 amide bonds. The Bertz CT molecular complexity index is 1620. The maximum atomic E-state index is 13.6. The van der Waals surface area contributed by atoms with Crippen LogP contribution in [0.3, 0.4) is 0 Å². The van der Waals surface area contributed by atoms with Gasteiger partial charge < -0.3 is 4.74 Å². The van der Waals surface area contributed by atoms with Crippen LogP contribution in [0.4, 0.5) is 0 Å². The summed E-state index contributed by atoms with van der Waals surface area (Å²) in [5.41, 5.74) is 2.73. The Kier molecular flexibility index (Phi) is 5.44. The number of nitrogens with zero attached hydrogens (tertiary/aromatic N) is 3. The number of rotatable bonds is 3. The van der Waals surface area contributed by atoms with Crippen molar-refractivity contribution in [1.82, 2.24) is 9.55 Å². The maximum absolute atomic E-state index is 13.6. The number of carbonyl (C=O) groups excluding carboxylic acids is 1. The Balaban J connectivity index is 1.74. The van der Waals surface area contributed by atoms with Gasteiger partial charge in [0.15, 0.2) is 4.80 Å². The number of benzene rings is 2. The van der Waals surface area contributed by atoms with E-state index in [1.54, 1.807) is 23.6 Å². The number of allylic oxidation sites excluding steroid dienone is 1. The standard InChI is InChI=1S/C25H18ClN3O3S/c1-14-21(24(31)32-2)22(15-8-4-3-5-9-15)29-23(30)20(33-25(29)27-14)13-16-12-18(26)17-10-6-7-11-19(17)28-16/h3-13,22H,1-2H3/b20-13+/t22-/m1/s1. The quantitative estimate of drug-likeness (QED) is 0.424. The Labute approximate surface area is 197 Å². The first-order chi connectivity index (χ1) is 16.0. The van der Waals surface area contributed by atoms with E-state index in [0.717, 1.165) is 16.5 Å². The largest absolute Gasteiger partial charge is 0.466 e. The van der Waals surface area contributed by atoms with Gasteiger partial charge in [0.1, 0.15) is 0 Å². The predicted octanol–water partition coefficient (Wildman–Crippen LogP) is 3.61. The summed E-state index contributed by atoms with van der Waals surface area (Å²) in [7, 11) is 1.32. The van der Waals surface area contributed by atoms with Gasteiger partial charge in [-0.15, -0.1) is 0 Å². The molecule has 0 unspecified atom stereocenters. The molecule has 0 fully saturated rings. The fourth-order valence-electron chi connectivity index (χ4n) is 4.00. The van der Waals surface area contributed by atoms with Gasteiger partial charge in [0, 0.05) is 5.39 Å². The molecule has 0 saturated heterocycles. The van der Waals surface area contributed by atoms with Crippen LogP contribution in [0.15, 0.2) is 81.7 Å². The van der Waals surface area contributed by atoms with Crippen molar-refractivity contribution >= 4 is 45.9 Å². The highest BCUT2D eigenvalue weighted by Crippen LogP contribution is 2.30. The van der Waals surface area contributed by atoms with Crippen molar-refractivity contribution in [3.63, 3.8) is 0 Å². The predicted molar refractivity (Wildman–Crippen MR) is 129 cm³/mol. The Morgan fingerprint density at radius 3 is 2.64 bits per heavy atom.